The van der Waals surface area contributed by atoms with Crippen LogP contribution in [-0.2, 0) is 4.79 Å². The van der Waals surface area contributed by atoms with E-state index in [0.717, 1.165) is 24.4 Å². The number of nitrogens with zero attached hydrogens (tertiary/aromatic N) is 1. The van der Waals surface area contributed by atoms with E-state index in [-0.39, 0.29) is 5.91 Å². The Hall–Kier alpha value is -2.33. The van der Waals surface area contributed by atoms with Gasteiger partial charge in [0.2, 0.25) is 0 Å². The Morgan fingerprint density at radius 3 is 2.65 bits per heavy atom. The molecule has 138 valence electrons. The Morgan fingerprint density at radius 2 is 1.96 bits per heavy atom. The van der Waals surface area contributed by atoms with Crippen LogP contribution in [0.25, 0.3) is 11.6 Å². The zero-order valence-electron chi connectivity index (χ0n) is 15.5. The lowest BCUT2D eigenvalue weighted by Gasteiger charge is -2.30. The molecule has 0 radical (unpaired) electrons. The van der Waals surface area contributed by atoms with Crippen molar-refractivity contribution in [3.05, 3.63) is 60.1 Å². The number of hydrogen-bond acceptors (Lipinski definition) is 3. The van der Waals surface area contributed by atoms with Crippen LogP contribution in [0.2, 0.25) is 0 Å². The van der Waals surface area contributed by atoms with Gasteiger partial charge in [0.25, 0.3) is 5.91 Å². The van der Waals surface area contributed by atoms with Gasteiger partial charge in [-0.15, -0.1) is 0 Å². The van der Waals surface area contributed by atoms with Gasteiger partial charge in [0.1, 0.15) is 5.76 Å². The predicted molar refractivity (Wildman–Crippen MR) is 105 cm³/mol. The van der Waals surface area contributed by atoms with Crippen molar-refractivity contribution >= 4 is 17.6 Å². The van der Waals surface area contributed by atoms with Crippen molar-refractivity contribution in [2.75, 3.05) is 26.2 Å². The van der Waals surface area contributed by atoms with Crippen LogP contribution in [0.3, 0.4) is 0 Å². The first-order valence-electron chi connectivity index (χ1n) is 9.53. The lowest BCUT2D eigenvalue weighted by Crippen LogP contribution is -2.35. The van der Waals surface area contributed by atoms with E-state index < -0.39 is 0 Å². The standard InChI is InChI=1S/C22H28N2O2/c1-18-10-14-24(15-11-18)13-6-12-23-22(25)21(17-20-9-5-16-26-20)19-7-3-2-4-8-19/h2-5,7-9,16-18H,6,10-15H2,1H3,(H,23,25)/b21-17+. The van der Waals surface area contributed by atoms with Crippen molar-refractivity contribution in [1.29, 1.82) is 0 Å². The molecule has 1 aliphatic rings. The second kappa shape index (κ2) is 9.39. The Labute approximate surface area is 155 Å². The van der Waals surface area contributed by atoms with E-state index in [1.807, 2.05) is 42.5 Å². The molecule has 0 saturated carbocycles. The smallest absolute Gasteiger partial charge is 0.252 e. The number of rotatable bonds is 7. The van der Waals surface area contributed by atoms with Crippen LogP contribution in [0.5, 0.6) is 0 Å². The number of carbonyl (C=O) groups excluding carboxylic acids is 1. The number of nitrogens with one attached hydrogen (secondary N) is 1. The van der Waals surface area contributed by atoms with E-state index in [4.69, 9.17) is 4.42 Å². The maximum atomic E-state index is 12.7. The predicted octanol–water partition coefficient (Wildman–Crippen LogP) is 4.06. The van der Waals surface area contributed by atoms with E-state index in [0.29, 0.717) is 17.9 Å². The van der Waals surface area contributed by atoms with Gasteiger partial charge < -0.3 is 14.6 Å². The monoisotopic (exact) mass is 352 g/mol. The maximum Gasteiger partial charge on any atom is 0.252 e. The van der Waals surface area contributed by atoms with E-state index in [1.54, 1.807) is 12.3 Å². The number of amides is 1. The van der Waals surface area contributed by atoms with Crippen molar-refractivity contribution < 1.29 is 9.21 Å². The van der Waals surface area contributed by atoms with E-state index in [9.17, 15) is 4.79 Å². The van der Waals surface area contributed by atoms with E-state index in [1.165, 1.54) is 25.9 Å². The minimum absolute atomic E-state index is 0.0557. The highest BCUT2D eigenvalue weighted by Gasteiger charge is 2.16. The molecule has 26 heavy (non-hydrogen) atoms. The molecule has 4 heteroatoms. The number of benzene rings is 1. The number of hydrogen-bond donors (Lipinski definition) is 1. The van der Waals surface area contributed by atoms with Gasteiger partial charge >= 0.3 is 0 Å². The fraction of sp³-hybridized carbons (Fsp3) is 0.409. The van der Waals surface area contributed by atoms with Crippen molar-refractivity contribution in [1.82, 2.24) is 10.2 Å². The third-order valence-corrected chi connectivity index (χ3v) is 4.97. The van der Waals surface area contributed by atoms with Crippen LogP contribution in [0.1, 0.15) is 37.5 Å². The molecule has 2 heterocycles. The van der Waals surface area contributed by atoms with Crippen LogP contribution < -0.4 is 5.32 Å². The van der Waals surface area contributed by atoms with Crippen LogP contribution in [-0.4, -0.2) is 37.0 Å². The average molecular weight is 352 g/mol. The van der Waals surface area contributed by atoms with Gasteiger partial charge in [-0.3, -0.25) is 4.79 Å². The third kappa shape index (κ3) is 5.33. The molecule has 1 N–H and O–H groups in total. The van der Waals surface area contributed by atoms with Crippen LogP contribution in [0, 0.1) is 5.92 Å². The van der Waals surface area contributed by atoms with Gasteiger partial charge in [-0.1, -0.05) is 37.3 Å². The van der Waals surface area contributed by atoms with Gasteiger partial charge in [-0.2, -0.15) is 0 Å². The van der Waals surface area contributed by atoms with Gasteiger partial charge in [0, 0.05) is 6.54 Å². The second-order valence-electron chi connectivity index (χ2n) is 7.07. The Kier molecular flexibility index (Phi) is 6.67. The molecule has 0 aliphatic carbocycles. The normalized spacial score (nSPS) is 16.6. The highest BCUT2D eigenvalue weighted by Crippen LogP contribution is 2.19. The summed E-state index contributed by atoms with van der Waals surface area (Å²) in [6.45, 7) is 6.43. The first-order chi connectivity index (χ1) is 12.7. The molecule has 2 aromatic rings. The van der Waals surface area contributed by atoms with Crippen molar-refractivity contribution in [3.8, 4) is 0 Å². The number of piperidine rings is 1. The van der Waals surface area contributed by atoms with E-state index in [2.05, 4.69) is 17.1 Å². The summed E-state index contributed by atoms with van der Waals surface area (Å²) in [7, 11) is 0. The summed E-state index contributed by atoms with van der Waals surface area (Å²) in [6, 6.07) is 13.4. The first-order valence-corrected chi connectivity index (χ1v) is 9.53. The molecule has 0 spiro atoms. The summed E-state index contributed by atoms with van der Waals surface area (Å²) in [5.74, 6) is 1.48. The Balaban J connectivity index is 1.55. The summed E-state index contributed by atoms with van der Waals surface area (Å²) in [6.07, 6.45) is 6.97. The van der Waals surface area contributed by atoms with Gasteiger partial charge in [-0.25, -0.2) is 0 Å². The Morgan fingerprint density at radius 1 is 1.19 bits per heavy atom. The van der Waals surface area contributed by atoms with Crippen LogP contribution in [0.4, 0.5) is 0 Å². The minimum atomic E-state index is -0.0557. The number of likely N-dealkylation sites (tertiary alicyclic amines) is 1. The highest BCUT2D eigenvalue weighted by atomic mass is 16.3. The lowest BCUT2D eigenvalue weighted by atomic mass is 9.99. The molecule has 0 atom stereocenters. The number of carbonyl (C=O) groups is 1. The van der Waals surface area contributed by atoms with Gasteiger partial charge in [0.05, 0.1) is 11.8 Å². The molecular formula is C22H28N2O2. The molecule has 1 aromatic heterocycles. The Bertz CT molecular complexity index is 699. The quantitative estimate of drug-likeness (QED) is 0.604. The van der Waals surface area contributed by atoms with Crippen molar-refractivity contribution in [2.45, 2.75) is 26.2 Å². The topological polar surface area (TPSA) is 45.5 Å². The zero-order chi connectivity index (χ0) is 18.2. The van der Waals surface area contributed by atoms with Gasteiger partial charge in [-0.05, 0) is 68.6 Å². The zero-order valence-corrected chi connectivity index (χ0v) is 15.5. The largest absolute Gasteiger partial charge is 0.465 e. The molecule has 1 amide bonds. The fourth-order valence-electron chi connectivity index (χ4n) is 3.30. The summed E-state index contributed by atoms with van der Waals surface area (Å²) in [5, 5.41) is 3.07. The van der Waals surface area contributed by atoms with Crippen molar-refractivity contribution in [2.24, 2.45) is 5.92 Å². The molecule has 0 unspecified atom stereocenters. The molecular weight excluding hydrogens is 324 g/mol. The lowest BCUT2D eigenvalue weighted by molar-refractivity contribution is -0.115. The summed E-state index contributed by atoms with van der Waals surface area (Å²) in [4.78, 5) is 15.2. The molecule has 1 fully saturated rings. The fourth-order valence-corrected chi connectivity index (χ4v) is 3.30. The van der Waals surface area contributed by atoms with Crippen LogP contribution >= 0.6 is 0 Å². The molecule has 1 saturated heterocycles. The second-order valence-corrected chi connectivity index (χ2v) is 7.07. The molecule has 4 nitrogen and oxygen atoms in total. The summed E-state index contributed by atoms with van der Waals surface area (Å²) >= 11 is 0. The molecule has 1 aromatic carbocycles. The third-order valence-electron chi connectivity index (χ3n) is 4.97. The average Bonchev–Trinajstić information content (AvgIpc) is 3.18. The molecule has 0 bridgehead atoms. The SMILES string of the molecule is CC1CCN(CCCNC(=O)/C(=C/c2ccco2)c2ccccc2)CC1. The minimum Gasteiger partial charge on any atom is -0.465 e. The maximum absolute atomic E-state index is 12.7. The number of furan rings is 1. The van der Waals surface area contributed by atoms with Gasteiger partial charge in [0.15, 0.2) is 0 Å². The molecule has 1 aliphatic heterocycles. The van der Waals surface area contributed by atoms with Crippen LogP contribution in [0.15, 0.2) is 53.1 Å². The van der Waals surface area contributed by atoms with E-state index >= 15 is 0 Å². The first kappa shape index (κ1) is 18.5. The summed E-state index contributed by atoms with van der Waals surface area (Å²) in [5.41, 5.74) is 1.53. The highest BCUT2D eigenvalue weighted by molar-refractivity contribution is 6.24. The summed E-state index contributed by atoms with van der Waals surface area (Å²) < 4.78 is 5.39. The molecule has 3 rings (SSSR count). The van der Waals surface area contributed by atoms with Crippen molar-refractivity contribution in [3.63, 3.8) is 0 Å².